The Balaban J connectivity index is 1.85. The van der Waals surface area contributed by atoms with Gasteiger partial charge in [-0.2, -0.15) is 0 Å². The van der Waals surface area contributed by atoms with Crippen molar-refractivity contribution in [2.75, 3.05) is 43.6 Å². The summed E-state index contributed by atoms with van der Waals surface area (Å²) in [5.74, 6) is 1.18. The van der Waals surface area contributed by atoms with Gasteiger partial charge >= 0.3 is 0 Å². The molecule has 0 radical (unpaired) electrons. The Morgan fingerprint density at radius 1 is 1.03 bits per heavy atom. The zero-order chi connectivity index (χ0) is 20.8. The molecule has 0 spiro atoms. The van der Waals surface area contributed by atoms with Gasteiger partial charge in [-0.1, -0.05) is 12.1 Å². The van der Waals surface area contributed by atoms with Gasteiger partial charge in [-0.05, 0) is 50.8 Å². The molecule has 0 aliphatic rings. The summed E-state index contributed by atoms with van der Waals surface area (Å²) in [7, 11) is 4.04. The lowest BCUT2D eigenvalue weighted by atomic mass is 10.2. The van der Waals surface area contributed by atoms with Crippen LogP contribution in [0.15, 0.2) is 42.5 Å². The molecule has 2 aromatic carbocycles. The van der Waals surface area contributed by atoms with Crippen molar-refractivity contribution in [3.63, 3.8) is 0 Å². The maximum absolute atomic E-state index is 11.1. The first-order valence-corrected chi connectivity index (χ1v) is 9.35. The first-order valence-electron chi connectivity index (χ1n) is 9.35. The highest BCUT2D eigenvalue weighted by Gasteiger charge is 2.13. The molecule has 3 aromatic rings. The van der Waals surface area contributed by atoms with Crippen LogP contribution in [0.1, 0.15) is 12.0 Å². The number of nitrogens with one attached hydrogen (secondary N) is 2. The molecule has 0 unspecified atom stereocenters. The van der Waals surface area contributed by atoms with Gasteiger partial charge < -0.3 is 21.3 Å². The van der Waals surface area contributed by atoms with E-state index in [-0.39, 0.29) is 5.69 Å². The van der Waals surface area contributed by atoms with Crippen LogP contribution in [0.2, 0.25) is 0 Å². The molecule has 0 fully saturated rings. The number of nitrogen functional groups attached to an aromatic ring is 1. The summed E-state index contributed by atoms with van der Waals surface area (Å²) in [4.78, 5) is 22.0. The molecule has 9 nitrogen and oxygen atoms in total. The third-order valence-corrected chi connectivity index (χ3v) is 4.37. The fourth-order valence-corrected chi connectivity index (χ4v) is 2.83. The van der Waals surface area contributed by atoms with Gasteiger partial charge in [0.15, 0.2) is 11.6 Å². The molecule has 152 valence electrons. The number of nitrogens with two attached hydrogens (primary N) is 1. The lowest BCUT2D eigenvalue weighted by Crippen LogP contribution is -2.17. The number of rotatable bonds is 9. The first kappa shape index (κ1) is 20.3. The molecule has 0 aliphatic carbocycles. The van der Waals surface area contributed by atoms with E-state index in [1.165, 1.54) is 12.1 Å². The molecule has 9 heteroatoms. The molecule has 0 amide bonds. The summed E-state index contributed by atoms with van der Waals surface area (Å²) in [6, 6.07) is 12.1. The van der Waals surface area contributed by atoms with Crippen LogP contribution in [-0.4, -0.2) is 47.0 Å². The van der Waals surface area contributed by atoms with Crippen LogP contribution in [0.25, 0.3) is 11.0 Å². The van der Waals surface area contributed by atoms with E-state index in [4.69, 9.17) is 5.73 Å². The Bertz CT molecular complexity index is 990. The maximum Gasteiger partial charge on any atom is 0.271 e. The minimum atomic E-state index is -0.432. The van der Waals surface area contributed by atoms with E-state index in [0.29, 0.717) is 41.4 Å². The second kappa shape index (κ2) is 9.16. The lowest BCUT2D eigenvalue weighted by molar-refractivity contribution is -0.384. The van der Waals surface area contributed by atoms with Gasteiger partial charge in [0.25, 0.3) is 5.69 Å². The number of aromatic nitrogens is 2. The van der Waals surface area contributed by atoms with Crippen molar-refractivity contribution in [2.24, 2.45) is 0 Å². The highest BCUT2D eigenvalue weighted by atomic mass is 16.6. The zero-order valence-electron chi connectivity index (χ0n) is 16.6. The monoisotopic (exact) mass is 395 g/mol. The molecule has 29 heavy (non-hydrogen) atoms. The smallest absolute Gasteiger partial charge is 0.271 e. The SMILES string of the molecule is CN(C)CCCNc1nc2cc([N+](=O)[O-])ccc2nc1NCc1ccc(N)cc1. The molecule has 0 saturated carbocycles. The fourth-order valence-electron chi connectivity index (χ4n) is 2.83. The van der Waals surface area contributed by atoms with Gasteiger partial charge in [-0.3, -0.25) is 10.1 Å². The number of hydrogen-bond donors (Lipinski definition) is 3. The van der Waals surface area contributed by atoms with Crippen molar-refractivity contribution >= 4 is 34.0 Å². The third kappa shape index (κ3) is 5.52. The normalized spacial score (nSPS) is 11.0. The molecule has 3 rings (SSSR count). The molecule has 0 atom stereocenters. The Labute approximate surface area is 169 Å². The number of nitro groups is 1. The highest BCUT2D eigenvalue weighted by molar-refractivity contribution is 5.82. The Hall–Kier alpha value is -3.46. The third-order valence-electron chi connectivity index (χ3n) is 4.37. The predicted molar refractivity (Wildman–Crippen MR) is 116 cm³/mol. The number of nitrogens with zero attached hydrogens (tertiary/aromatic N) is 4. The summed E-state index contributed by atoms with van der Waals surface area (Å²) in [6.07, 6.45) is 0.930. The van der Waals surface area contributed by atoms with Gasteiger partial charge in [0.05, 0.1) is 16.0 Å². The number of hydrogen-bond acceptors (Lipinski definition) is 8. The van der Waals surface area contributed by atoms with Crippen LogP contribution in [0.3, 0.4) is 0 Å². The van der Waals surface area contributed by atoms with E-state index in [1.807, 2.05) is 38.4 Å². The summed E-state index contributed by atoms with van der Waals surface area (Å²) < 4.78 is 0. The van der Waals surface area contributed by atoms with E-state index in [0.717, 1.165) is 18.5 Å². The van der Waals surface area contributed by atoms with Crippen molar-refractivity contribution in [3.8, 4) is 0 Å². The predicted octanol–water partition coefficient (Wildman–Crippen LogP) is 3.10. The largest absolute Gasteiger partial charge is 0.399 e. The van der Waals surface area contributed by atoms with Crippen LogP contribution in [0.5, 0.6) is 0 Å². The second-order valence-corrected chi connectivity index (χ2v) is 7.03. The minimum Gasteiger partial charge on any atom is -0.399 e. The number of nitro benzene ring substituents is 1. The van der Waals surface area contributed by atoms with E-state index < -0.39 is 4.92 Å². The standard InChI is InChI=1S/C20H25N7O2/c1-26(2)11-3-10-22-19-20(23-13-14-4-6-15(21)7-5-14)24-17-9-8-16(27(28)29)12-18(17)25-19/h4-9,12H,3,10-11,13,21H2,1-2H3,(H,22,25)(H,23,24). The number of anilines is 3. The fraction of sp³-hybridized carbons (Fsp3) is 0.300. The van der Waals surface area contributed by atoms with E-state index in [9.17, 15) is 10.1 Å². The second-order valence-electron chi connectivity index (χ2n) is 7.03. The lowest BCUT2D eigenvalue weighted by Gasteiger charge is -2.14. The Morgan fingerprint density at radius 3 is 2.41 bits per heavy atom. The van der Waals surface area contributed by atoms with Crippen LogP contribution in [0, 0.1) is 10.1 Å². The molecular weight excluding hydrogens is 370 g/mol. The first-order chi connectivity index (χ1) is 13.9. The van der Waals surface area contributed by atoms with E-state index in [2.05, 4.69) is 25.5 Å². The van der Waals surface area contributed by atoms with Crippen molar-refractivity contribution in [1.29, 1.82) is 0 Å². The summed E-state index contributed by atoms with van der Waals surface area (Å²) in [6.45, 7) is 2.21. The zero-order valence-corrected chi connectivity index (χ0v) is 16.6. The molecule has 4 N–H and O–H groups in total. The highest BCUT2D eigenvalue weighted by Crippen LogP contribution is 2.25. The van der Waals surface area contributed by atoms with Gasteiger partial charge in [-0.25, -0.2) is 9.97 Å². The van der Waals surface area contributed by atoms with Gasteiger partial charge in [0.2, 0.25) is 0 Å². The van der Waals surface area contributed by atoms with Crippen molar-refractivity contribution in [1.82, 2.24) is 14.9 Å². The minimum absolute atomic E-state index is 0.00654. The number of benzene rings is 2. The van der Waals surface area contributed by atoms with E-state index in [1.54, 1.807) is 6.07 Å². The quantitative estimate of drug-likeness (QED) is 0.219. The average molecular weight is 395 g/mol. The van der Waals surface area contributed by atoms with Crippen LogP contribution >= 0.6 is 0 Å². The summed E-state index contributed by atoms with van der Waals surface area (Å²) >= 11 is 0. The van der Waals surface area contributed by atoms with Crippen LogP contribution < -0.4 is 16.4 Å². The number of non-ortho nitro benzene ring substituents is 1. The van der Waals surface area contributed by atoms with Crippen molar-refractivity contribution in [2.45, 2.75) is 13.0 Å². The summed E-state index contributed by atoms with van der Waals surface area (Å²) in [5.41, 5.74) is 8.57. The number of fused-ring (bicyclic) bond motifs is 1. The summed E-state index contributed by atoms with van der Waals surface area (Å²) in [5, 5.41) is 17.7. The maximum atomic E-state index is 11.1. The molecule has 1 aromatic heterocycles. The molecular formula is C20H25N7O2. The van der Waals surface area contributed by atoms with Gasteiger partial charge in [0, 0.05) is 30.9 Å². The van der Waals surface area contributed by atoms with Gasteiger partial charge in [0.1, 0.15) is 0 Å². The van der Waals surface area contributed by atoms with Crippen LogP contribution in [0.4, 0.5) is 23.0 Å². The Kier molecular flexibility index (Phi) is 6.40. The van der Waals surface area contributed by atoms with E-state index >= 15 is 0 Å². The molecule has 0 aliphatic heterocycles. The topological polar surface area (TPSA) is 122 Å². The molecule has 0 saturated heterocycles. The van der Waals surface area contributed by atoms with Gasteiger partial charge in [-0.15, -0.1) is 0 Å². The molecule has 1 heterocycles. The van der Waals surface area contributed by atoms with Crippen molar-refractivity contribution in [3.05, 3.63) is 58.1 Å². The molecule has 0 bridgehead atoms. The van der Waals surface area contributed by atoms with Crippen LogP contribution in [-0.2, 0) is 6.54 Å². The Morgan fingerprint density at radius 2 is 1.72 bits per heavy atom. The average Bonchev–Trinajstić information content (AvgIpc) is 2.70. The van der Waals surface area contributed by atoms with Crippen molar-refractivity contribution < 1.29 is 4.92 Å².